The van der Waals surface area contributed by atoms with E-state index in [9.17, 15) is 14.7 Å². The van der Waals surface area contributed by atoms with Crippen molar-refractivity contribution in [3.05, 3.63) is 0 Å². The quantitative estimate of drug-likeness (QED) is 0.759. The fourth-order valence-corrected chi connectivity index (χ4v) is 3.77. The largest absolute Gasteiger partial charge is 0.481 e. The molecule has 20 heavy (non-hydrogen) atoms. The number of amides is 1. The minimum absolute atomic E-state index is 0.0718. The lowest BCUT2D eigenvalue weighted by Crippen LogP contribution is -2.45. The van der Waals surface area contributed by atoms with Gasteiger partial charge in [0.25, 0.3) is 0 Å². The summed E-state index contributed by atoms with van der Waals surface area (Å²) in [5.41, 5.74) is 0. The summed E-state index contributed by atoms with van der Waals surface area (Å²) in [5, 5.41) is 12.2. The van der Waals surface area contributed by atoms with Gasteiger partial charge in [0.15, 0.2) is 0 Å². The first-order valence-corrected chi connectivity index (χ1v) is 8.77. The maximum Gasteiger partial charge on any atom is 0.307 e. The van der Waals surface area contributed by atoms with E-state index in [2.05, 4.69) is 25.4 Å². The zero-order valence-corrected chi connectivity index (χ0v) is 13.6. The third kappa shape index (κ3) is 4.14. The lowest BCUT2D eigenvalue weighted by molar-refractivity contribution is -0.148. The van der Waals surface area contributed by atoms with Crippen LogP contribution in [0.3, 0.4) is 0 Å². The van der Waals surface area contributed by atoms with Gasteiger partial charge in [-0.15, -0.1) is 0 Å². The van der Waals surface area contributed by atoms with E-state index in [1.807, 2.05) is 0 Å². The number of carbonyl (C=O) groups excluding carboxylic acids is 1. The summed E-state index contributed by atoms with van der Waals surface area (Å²) in [6.07, 6.45) is 7.27. The molecular formula is C15H27NO3S. The molecule has 1 fully saturated rings. The Bertz CT molecular complexity index is 334. The van der Waals surface area contributed by atoms with Gasteiger partial charge in [-0.25, -0.2) is 0 Å². The molecule has 0 bridgehead atoms. The number of rotatable bonds is 7. The summed E-state index contributed by atoms with van der Waals surface area (Å²) in [6.45, 7) is 4.89. The van der Waals surface area contributed by atoms with Gasteiger partial charge in [0, 0.05) is 11.3 Å². The van der Waals surface area contributed by atoms with E-state index in [-0.39, 0.29) is 16.6 Å². The van der Waals surface area contributed by atoms with E-state index in [0.29, 0.717) is 19.4 Å². The van der Waals surface area contributed by atoms with Gasteiger partial charge in [0.2, 0.25) is 5.91 Å². The topological polar surface area (TPSA) is 66.4 Å². The lowest BCUT2D eigenvalue weighted by Gasteiger charge is -2.32. The van der Waals surface area contributed by atoms with Crippen molar-refractivity contribution in [2.75, 3.05) is 12.8 Å². The molecule has 0 spiro atoms. The maximum absolute atomic E-state index is 12.3. The lowest BCUT2D eigenvalue weighted by atomic mass is 9.78. The van der Waals surface area contributed by atoms with Crippen LogP contribution in [0.2, 0.25) is 0 Å². The summed E-state index contributed by atoms with van der Waals surface area (Å²) in [6, 6.07) is 0. The van der Waals surface area contributed by atoms with Gasteiger partial charge in [-0.1, -0.05) is 26.7 Å². The molecule has 116 valence electrons. The highest BCUT2D eigenvalue weighted by Crippen LogP contribution is 2.32. The van der Waals surface area contributed by atoms with Gasteiger partial charge in [-0.2, -0.15) is 11.8 Å². The Morgan fingerprint density at radius 2 is 1.75 bits per heavy atom. The predicted octanol–water partition coefficient (Wildman–Crippen LogP) is 2.92. The summed E-state index contributed by atoms with van der Waals surface area (Å²) in [5.74, 6) is -1.76. The molecule has 0 heterocycles. The predicted molar refractivity (Wildman–Crippen MR) is 82.9 cm³/mol. The normalized spacial score (nSPS) is 23.4. The SMILES string of the molecule is CCC(CC)(CNC(=O)C1CCCCC1C(=O)O)SC. The molecule has 0 radical (unpaired) electrons. The van der Waals surface area contributed by atoms with Crippen LogP contribution in [0.4, 0.5) is 0 Å². The van der Waals surface area contributed by atoms with Crippen LogP contribution >= 0.6 is 11.8 Å². The molecule has 1 saturated carbocycles. The molecule has 0 aromatic carbocycles. The first-order valence-electron chi connectivity index (χ1n) is 7.55. The van der Waals surface area contributed by atoms with Crippen LogP contribution in [0.5, 0.6) is 0 Å². The van der Waals surface area contributed by atoms with Gasteiger partial charge in [0.05, 0.1) is 11.8 Å². The standard InChI is InChI=1S/C15H27NO3S/c1-4-15(5-2,20-3)10-16-13(17)11-8-6-7-9-12(11)14(18)19/h11-12H,4-10H2,1-3H3,(H,16,17)(H,18,19). The smallest absolute Gasteiger partial charge is 0.307 e. The number of hydrogen-bond acceptors (Lipinski definition) is 3. The van der Waals surface area contributed by atoms with Crippen molar-refractivity contribution in [1.82, 2.24) is 5.32 Å². The molecule has 0 aromatic heterocycles. The Labute approximate surface area is 126 Å². The van der Waals surface area contributed by atoms with E-state index in [0.717, 1.165) is 25.7 Å². The monoisotopic (exact) mass is 301 g/mol. The van der Waals surface area contributed by atoms with E-state index in [1.165, 1.54) is 0 Å². The molecular weight excluding hydrogens is 274 g/mol. The molecule has 4 nitrogen and oxygen atoms in total. The van der Waals surface area contributed by atoms with Crippen molar-refractivity contribution in [3.8, 4) is 0 Å². The van der Waals surface area contributed by atoms with Crippen LogP contribution in [-0.2, 0) is 9.59 Å². The fraction of sp³-hybridized carbons (Fsp3) is 0.867. The second-order valence-electron chi connectivity index (χ2n) is 5.65. The van der Waals surface area contributed by atoms with Gasteiger partial charge in [-0.3, -0.25) is 9.59 Å². The highest BCUT2D eigenvalue weighted by atomic mass is 32.2. The summed E-state index contributed by atoms with van der Waals surface area (Å²) < 4.78 is 0.0725. The minimum Gasteiger partial charge on any atom is -0.481 e. The van der Waals surface area contributed by atoms with E-state index < -0.39 is 11.9 Å². The third-order valence-electron chi connectivity index (χ3n) is 4.73. The second kappa shape index (κ2) is 7.91. The van der Waals surface area contributed by atoms with E-state index in [1.54, 1.807) is 11.8 Å². The zero-order chi connectivity index (χ0) is 15.2. The molecule has 1 amide bonds. The van der Waals surface area contributed by atoms with Gasteiger partial charge < -0.3 is 10.4 Å². The average Bonchev–Trinajstić information content (AvgIpc) is 2.49. The third-order valence-corrected chi connectivity index (χ3v) is 6.31. The highest BCUT2D eigenvalue weighted by Gasteiger charge is 2.36. The highest BCUT2D eigenvalue weighted by molar-refractivity contribution is 8.00. The molecule has 0 aliphatic heterocycles. The number of aliphatic carboxylic acids is 1. The zero-order valence-electron chi connectivity index (χ0n) is 12.8. The number of nitrogens with one attached hydrogen (secondary N) is 1. The molecule has 0 saturated heterocycles. The minimum atomic E-state index is -0.827. The average molecular weight is 301 g/mol. The molecule has 5 heteroatoms. The van der Waals surface area contributed by atoms with Gasteiger partial charge in [-0.05, 0) is 31.9 Å². The van der Waals surface area contributed by atoms with E-state index >= 15 is 0 Å². The van der Waals surface area contributed by atoms with Crippen LogP contribution in [-0.4, -0.2) is 34.5 Å². The Balaban J connectivity index is 2.62. The van der Waals surface area contributed by atoms with Crippen LogP contribution < -0.4 is 5.32 Å². The van der Waals surface area contributed by atoms with Crippen molar-refractivity contribution in [2.45, 2.75) is 57.1 Å². The number of carboxylic acids is 1. The van der Waals surface area contributed by atoms with Crippen molar-refractivity contribution in [3.63, 3.8) is 0 Å². The van der Waals surface area contributed by atoms with Gasteiger partial charge in [0.1, 0.15) is 0 Å². The Morgan fingerprint density at radius 1 is 1.20 bits per heavy atom. The van der Waals surface area contributed by atoms with Crippen LogP contribution in [0.15, 0.2) is 0 Å². The maximum atomic E-state index is 12.3. The van der Waals surface area contributed by atoms with Crippen molar-refractivity contribution in [1.29, 1.82) is 0 Å². The molecule has 1 rings (SSSR count). The number of hydrogen-bond donors (Lipinski definition) is 2. The Morgan fingerprint density at radius 3 is 2.20 bits per heavy atom. The summed E-state index contributed by atoms with van der Waals surface area (Å²) in [7, 11) is 0. The number of carbonyl (C=O) groups is 2. The molecule has 0 aromatic rings. The Hall–Kier alpha value is -0.710. The molecule has 2 atom stereocenters. The number of carboxylic acid groups (broad SMARTS) is 1. The van der Waals surface area contributed by atoms with Gasteiger partial charge >= 0.3 is 5.97 Å². The van der Waals surface area contributed by atoms with Crippen LogP contribution in [0, 0.1) is 11.8 Å². The number of thioether (sulfide) groups is 1. The second-order valence-corrected chi connectivity index (χ2v) is 6.92. The van der Waals surface area contributed by atoms with Crippen molar-refractivity contribution >= 4 is 23.6 Å². The summed E-state index contributed by atoms with van der Waals surface area (Å²) >= 11 is 1.78. The van der Waals surface area contributed by atoms with Crippen molar-refractivity contribution < 1.29 is 14.7 Å². The van der Waals surface area contributed by atoms with Crippen LogP contribution in [0.25, 0.3) is 0 Å². The fourth-order valence-electron chi connectivity index (χ4n) is 2.98. The summed E-state index contributed by atoms with van der Waals surface area (Å²) in [4.78, 5) is 23.6. The van der Waals surface area contributed by atoms with E-state index in [4.69, 9.17) is 0 Å². The molecule has 2 unspecified atom stereocenters. The van der Waals surface area contributed by atoms with Crippen molar-refractivity contribution in [2.24, 2.45) is 11.8 Å². The molecule has 1 aliphatic carbocycles. The van der Waals surface area contributed by atoms with Crippen LogP contribution in [0.1, 0.15) is 52.4 Å². The molecule has 2 N–H and O–H groups in total. The first-order chi connectivity index (χ1) is 9.49. The first kappa shape index (κ1) is 17.3. The Kier molecular flexibility index (Phi) is 6.86. The molecule has 1 aliphatic rings.